The average molecular weight is 296 g/mol. The molecule has 0 aliphatic heterocycles. The van der Waals surface area contributed by atoms with Crippen LogP contribution < -0.4 is 5.32 Å². The van der Waals surface area contributed by atoms with Crippen molar-refractivity contribution in [2.24, 2.45) is 5.92 Å². The van der Waals surface area contributed by atoms with Crippen molar-refractivity contribution in [1.29, 1.82) is 0 Å². The third-order valence-electron chi connectivity index (χ3n) is 3.36. The van der Waals surface area contributed by atoms with Gasteiger partial charge in [0.05, 0.1) is 12.2 Å². The lowest BCUT2D eigenvalue weighted by Gasteiger charge is -2.25. The number of aryl methyl sites for hydroxylation is 1. The molecule has 1 aromatic rings. The summed E-state index contributed by atoms with van der Waals surface area (Å²) in [6, 6.07) is 3.51. The summed E-state index contributed by atoms with van der Waals surface area (Å²) in [5, 5.41) is 11.8. The quantitative estimate of drug-likeness (QED) is 0.771. The van der Waals surface area contributed by atoms with Crippen molar-refractivity contribution in [2.45, 2.75) is 39.7 Å². The maximum atomic E-state index is 12.1. The van der Waals surface area contributed by atoms with Gasteiger partial charge >= 0.3 is 12.0 Å². The highest BCUT2D eigenvalue weighted by molar-refractivity contribution is 5.76. The highest BCUT2D eigenvalue weighted by Crippen LogP contribution is 2.07. The smallest absolute Gasteiger partial charge is 0.317 e. The van der Waals surface area contributed by atoms with Gasteiger partial charge in [0.2, 0.25) is 0 Å². The summed E-state index contributed by atoms with van der Waals surface area (Å²) in [6.45, 7) is 6.05. The normalized spacial score (nSPS) is 13.5. The molecule has 0 spiro atoms. The molecule has 2 N–H and O–H groups in total. The molecule has 21 heavy (non-hydrogen) atoms. The number of rotatable bonds is 8. The number of nitrogens with zero attached hydrogens (tertiary/aromatic N) is 1. The molecule has 1 heterocycles. The van der Waals surface area contributed by atoms with Crippen LogP contribution in [0.2, 0.25) is 0 Å². The molecule has 0 saturated carbocycles. The third-order valence-corrected chi connectivity index (χ3v) is 3.36. The molecule has 0 aliphatic rings. The number of urea groups is 1. The minimum atomic E-state index is -0.896. The number of carboxylic acid groups (broad SMARTS) is 1. The van der Waals surface area contributed by atoms with Gasteiger partial charge in [-0.05, 0) is 32.4 Å². The summed E-state index contributed by atoms with van der Waals surface area (Å²) in [7, 11) is 0. The van der Waals surface area contributed by atoms with Crippen molar-refractivity contribution in [3.63, 3.8) is 0 Å². The van der Waals surface area contributed by atoms with Crippen LogP contribution in [0.25, 0.3) is 0 Å². The summed E-state index contributed by atoms with van der Waals surface area (Å²) >= 11 is 0. The molecule has 2 amide bonds. The fourth-order valence-electron chi connectivity index (χ4n) is 1.95. The molecule has 0 saturated heterocycles. The Kier molecular flexibility index (Phi) is 6.78. The van der Waals surface area contributed by atoms with Crippen LogP contribution in [0.3, 0.4) is 0 Å². The second-order valence-electron chi connectivity index (χ2n) is 5.25. The molecule has 1 rings (SSSR count). The Morgan fingerprint density at radius 3 is 2.67 bits per heavy atom. The van der Waals surface area contributed by atoms with Crippen LogP contribution in [0.1, 0.15) is 33.0 Å². The Balaban J connectivity index is 2.39. The van der Waals surface area contributed by atoms with Crippen LogP contribution in [0.4, 0.5) is 4.79 Å². The zero-order valence-electron chi connectivity index (χ0n) is 12.8. The van der Waals surface area contributed by atoms with Crippen molar-refractivity contribution in [3.8, 4) is 0 Å². The second kappa shape index (κ2) is 8.34. The number of carbonyl (C=O) groups excluding carboxylic acids is 1. The summed E-state index contributed by atoms with van der Waals surface area (Å²) in [6.07, 6.45) is 3.15. The first kappa shape index (κ1) is 17.1. The summed E-state index contributed by atoms with van der Waals surface area (Å²) in [5.41, 5.74) is 0. The van der Waals surface area contributed by atoms with Gasteiger partial charge in [-0.2, -0.15) is 0 Å². The van der Waals surface area contributed by atoms with Crippen LogP contribution in [-0.2, 0) is 11.2 Å². The molecular weight excluding hydrogens is 272 g/mol. The molecule has 0 aliphatic carbocycles. The second-order valence-corrected chi connectivity index (χ2v) is 5.25. The van der Waals surface area contributed by atoms with E-state index in [9.17, 15) is 9.59 Å². The third kappa shape index (κ3) is 5.89. The first-order chi connectivity index (χ1) is 9.93. The molecule has 118 valence electrons. The van der Waals surface area contributed by atoms with Crippen LogP contribution in [0, 0.1) is 5.92 Å². The van der Waals surface area contributed by atoms with E-state index in [4.69, 9.17) is 9.52 Å². The van der Waals surface area contributed by atoms with E-state index >= 15 is 0 Å². The molecule has 6 nitrogen and oxygen atoms in total. The monoisotopic (exact) mass is 296 g/mol. The lowest BCUT2D eigenvalue weighted by atomic mass is 10.1. The maximum Gasteiger partial charge on any atom is 0.317 e. The summed E-state index contributed by atoms with van der Waals surface area (Å²) < 4.78 is 5.25. The minimum absolute atomic E-state index is 0.00298. The number of hydrogen-bond donors (Lipinski definition) is 2. The lowest BCUT2D eigenvalue weighted by Crippen LogP contribution is -2.46. The molecule has 6 heteroatoms. The van der Waals surface area contributed by atoms with Crippen LogP contribution in [0.5, 0.6) is 0 Å². The molecule has 0 aromatic carbocycles. The molecule has 1 aromatic heterocycles. The first-order valence-electron chi connectivity index (χ1n) is 7.24. The average Bonchev–Trinajstić information content (AvgIpc) is 2.95. The van der Waals surface area contributed by atoms with Gasteiger partial charge < -0.3 is 19.7 Å². The topological polar surface area (TPSA) is 82.8 Å². The van der Waals surface area contributed by atoms with Gasteiger partial charge in [-0.1, -0.05) is 6.92 Å². The molecule has 0 fully saturated rings. The first-order valence-corrected chi connectivity index (χ1v) is 7.24. The standard InChI is InChI=1S/C15H24N2O4/c1-4-17(10-11(2)14(18)19)15(20)16-12(3)7-8-13-6-5-9-21-13/h5-6,9,11-12H,4,7-8,10H2,1-3H3,(H,16,20)(H,18,19). The van der Waals surface area contributed by atoms with Gasteiger partial charge in [-0.15, -0.1) is 0 Å². The van der Waals surface area contributed by atoms with E-state index in [0.29, 0.717) is 6.54 Å². The SMILES string of the molecule is CCN(CC(C)C(=O)O)C(=O)NC(C)CCc1ccco1. The van der Waals surface area contributed by atoms with Crippen LogP contribution in [-0.4, -0.2) is 41.1 Å². The van der Waals surface area contributed by atoms with Gasteiger partial charge in [0, 0.05) is 25.6 Å². The number of carboxylic acids is 1. The van der Waals surface area contributed by atoms with E-state index < -0.39 is 11.9 Å². The van der Waals surface area contributed by atoms with Crippen molar-refractivity contribution in [3.05, 3.63) is 24.2 Å². The van der Waals surface area contributed by atoms with E-state index in [2.05, 4.69) is 5.32 Å². The zero-order valence-corrected chi connectivity index (χ0v) is 12.8. The fourth-order valence-corrected chi connectivity index (χ4v) is 1.95. The predicted molar refractivity (Wildman–Crippen MR) is 79.1 cm³/mol. The summed E-state index contributed by atoms with van der Waals surface area (Å²) in [5.74, 6) is -0.579. The largest absolute Gasteiger partial charge is 0.481 e. The number of carbonyl (C=O) groups is 2. The van der Waals surface area contributed by atoms with Crippen LogP contribution >= 0.6 is 0 Å². The van der Waals surface area contributed by atoms with Crippen molar-refractivity contribution in [1.82, 2.24) is 10.2 Å². The number of amides is 2. The highest BCUT2D eigenvalue weighted by Gasteiger charge is 2.20. The number of aliphatic carboxylic acids is 1. The van der Waals surface area contributed by atoms with Crippen LogP contribution in [0.15, 0.2) is 22.8 Å². The van der Waals surface area contributed by atoms with E-state index in [1.165, 1.54) is 4.90 Å². The number of furan rings is 1. The van der Waals surface area contributed by atoms with Gasteiger partial charge in [0.25, 0.3) is 0 Å². The highest BCUT2D eigenvalue weighted by atomic mass is 16.4. The van der Waals surface area contributed by atoms with E-state index in [0.717, 1.165) is 18.6 Å². The van der Waals surface area contributed by atoms with Gasteiger partial charge in [0.1, 0.15) is 5.76 Å². The molecule has 0 radical (unpaired) electrons. The zero-order chi connectivity index (χ0) is 15.8. The van der Waals surface area contributed by atoms with E-state index in [-0.39, 0.29) is 18.6 Å². The molecule has 2 atom stereocenters. The molecule has 2 unspecified atom stereocenters. The van der Waals surface area contributed by atoms with Gasteiger partial charge in [-0.3, -0.25) is 4.79 Å². The number of hydrogen-bond acceptors (Lipinski definition) is 3. The fraction of sp³-hybridized carbons (Fsp3) is 0.600. The van der Waals surface area contributed by atoms with Crippen molar-refractivity contribution >= 4 is 12.0 Å². The Morgan fingerprint density at radius 1 is 1.43 bits per heavy atom. The Labute approximate surface area is 125 Å². The van der Waals surface area contributed by atoms with Gasteiger partial charge in [0.15, 0.2) is 0 Å². The Bertz CT molecular complexity index is 445. The predicted octanol–water partition coefficient (Wildman–Crippen LogP) is 2.35. The van der Waals surface area contributed by atoms with E-state index in [1.807, 2.05) is 26.0 Å². The molecular formula is C15H24N2O4. The Morgan fingerprint density at radius 2 is 2.14 bits per heavy atom. The van der Waals surface area contributed by atoms with E-state index in [1.54, 1.807) is 13.2 Å². The van der Waals surface area contributed by atoms with Crippen molar-refractivity contribution < 1.29 is 19.1 Å². The molecule has 0 bridgehead atoms. The Hall–Kier alpha value is -1.98. The summed E-state index contributed by atoms with van der Waals surface area (Å²) in [4.78, 5) is 24.5. The maximum absolute atomic E-state index is 12.1. The van der Waals surface area contributed by atoms with Crippen molar-refractivity contribution in [2.75, 3.05) is 13.1 Å². The number of nitrogens with one attached hydrogen (secondary N) is 1. The minimum Gasteiger partial charge on any atom is -0.481 e. The van der Waals surface area contributed by atoms with Gasteiger partial charge in [-0.25, -0.2) is 4.79 Å². The lowest BCUT2D eigenvalue weighted by molar-refractivity contribution is -0.141.